The van der Waals surface area contributed by atoms with Crippen LogP contribution >= 0.6 is 0 Å². The summed E-state index contributed by atoms with van der Waals surface area (Å²) in [5.41, 5.74) is 2.10. The molecule has 0 saturated heterocycles. The van der Waals surface area contributed by atoms with Crippen molar-refractivity contribution in [1.82, 2.24) is 0 Å². The Labute approximate surface area is 114 Å². The standard InChI is InChI=1S/C16H22FNO/c1-16(2,3)9-4-5-15(19)18-10-8-12-6-7-13(17)11-14(12)18/h6-7,11H,4-5,8-10H2,1-3H3. The van der Waals surface area contributed by atoms with Gasteiger partial charge in [-0.1, -0.05) is 26.8 Å². The Morgan fingerprint density at radius 1 is 1.37 bits per heavy atom. The average molecular weight is 263 g/mol. The Balaban J connectivity index is 1.97. The summed E-state index contributed by atoms with van der Waals surface area (Å²) >= 11 is 0. The van der Waals surface area contributed by atoms with Gasteiger partial charge in [0.25, 0.3) is 0 Å². The molecule has 1 amide bonds. The summed E-state index contributed by atoms with van der Waals surface area (Å²) in [6.07, 6.45) is 3.31. The summed E-state index contributed by atoms with van der Waals surface area (Å²) in [5, 5.41) is 0. The maximum Gasteiger partial charge on any atom is 0.226 e. The van der Waals surface area contributed by atoms with Crippen LogP contribution in [-0.4, -0.2) is 12.5 Å². The smallest absolute Gasteiger partial charge is 0.226 e. The van der Waals surface area contributed by atoms with E-state index in [4.69, 9.17) is 0 Å². The molecule has 0 radical (unpaired) electrons. The summed E-state index contributed by atoms with van der Waals surface area (Å²) in [5.74, 6) is -0.151. The summed E-state index contributed by atoms with van der Waals surface area (Å²) in [7, 11) is 0. The van der Waals surface area contributed by atoms with E-state index >= 15 is 0 Å². The number of benzene rings is 1. The SMILES string of the molecule is CC(C)(C)CCCC(=O)N1CCc2ccc(F)cc21. The van der Waals surface area contributed by atoms with Crippen molar-refractivity contribution in [3.8, 4) is 0 Å². The highest BCUT2D eigenvalue weighted by Gasteiger charge is 2.24. The third-order valence-electron chi connectivity index (χ3n) is 3.56. The second-order valence-electron chi connectivity index (χ2n) is 6.48. The number of nitrogens with zero attached hydrogens (tertiary/aromatic N) is 1. The molecule has 0 spiro atoms. The summed E-state index contributed by atoms with van der Waals surface area (Å²) in [6.45, 7) is 7.22. The molecule has 2 nitrogen and oxygen atoms in total. The van der Waals surface area contributed by atoms with Crippen molar-refractivity contribution in [3.05, 3.63) is 29.6 Å². The molecule has 0 bridgehead atoms. The van der Waals surface area contributed by atoms with E-state index < -0.39 is 0 Å². The minimum Gasteiger partial charge on any atom is -0.312 e. The number of hydrogen-bond donors (Lipinski definition) is 0. The zero-order valence-electron chi connectivity index (χ0n) is 12.0. The van der Waals surface area contributed by atoms with Crippen molar-refractivity contribution in [3.63, 3.8) is 0 Å². The van der Waals surface area contributed by atoms with E-state index in [-0.39, 0.29) is 17.1 Å². The topological polar surface area (TPSA) is 20.3 Å². The summed E-state index contributed by atoms with van der Waals surface area (Å²) in [4.78, 5) is 13.9. The predicted molar refractivity (Wildman–Crippen MR) is 75.8 cm³/mol. The molecule has 1 aliphatic rings. The summed E-state index contributed by atoms with van der Waals surface area (Å²) < 4.78 is 13.3. The van der Waals surface area contributed by atoms with Crippen LogP contribution in [-0.2, 0) is 11.2 Å². The number of carbonyl (C=O) groups excluding carboxylic acids is 1. The van der Waals surface area contributed by atoms with E-state index in [2.05, 4.69) is 20.8 Å². The van der Waals surface area contributed by atoms with Crippen molar-refractivity contribution in [2.24, 2.45) is 5.41 Å². The number of hydrogen-bond acceptors (Lipinski definition) is 1. The van der Waals surface area contributed by atoms with E-state index in [1.54, 1.807) is 11.0 Å². The highest BCUT2D eigenvalue weighted by atomic mass is 19.1. The van der Waals surface area contributed by atoms with Crippen LogP contribution in [0.15, 0.2) is 18.2 Å². The van der Waals surface area contributed by atoms with Crippen LogP contribution in [0.2, 0.25) is 0 Å². The van der Waals surface area contributed by atoms with E-state index in [1.165, 1.54) is 12.1 Å². The van der Waals surface area contributed by atoms with Gasteiger partial charge in [0, 0.05) is 18.7 Å². The molecule has 19 heavy (non-hydrogen) atoms. The monoisotopic (exact) mass is 263 g/mol. The second-order valence-corrected chi connectivity index (χ2v) is 6.48. The third kappa shape index (κ3) is 3.55. The fourth-order valence-electron chi connectivity index (χ4n) is 2.52. The number of anilines is 1. The molecule has 0 aliphatic carbocycles. The quantitative estimate of drug-likeness (QED) is 0.809. The van der Waals surface area contributed by atoms with E-state index in [0.29, 0.717) is 13.0 Å². The number of halogens is 1. The average Bonchev–Trinajstić information content (AvgIpc) is 2.69. The van der Waals surface area contributed by atoms with Crippen molar-refractivity contribution >= 4 is 11.6 Å². The molecule has 0 aromatic heterocycles. The molecule has 0 atom stereocenters. The first-order valence-corrected chi connectivity index (χ1v) is 6.96. The van der Waals surface area contributed by atoms with Crippen molar-refractivity contribution in [1.29, 1.82) is 0 Å². The Kier molecular flexibility index (Phi) is 3.93. The third-order valence-corrected chi connectivity index (χ3v) is 3.56. The molecule has 0 saturated carbocycles. The molecule has 0 N–H and O–H groups in total. The van der Waals surface area contributed by atoms with E-state index in [0.717, 1.165) is 30.5 Å². The van der Waals surface area contributed by atoms with Gasteiger partial charge in [-0.2, -0.15) is 0 Å². The first-order chi connectivity index (χ1) is 8.87. The van der Waals surface area contributed by atoms with Crippen LogP contribution in [0.3, 0.4) is 0 Å². The number of amides is 1. The van der Waals surface area contributed by atoms with Gasteiger partial charge in [-0.15, -0.1) is 0 Å². The van der Waals surface area contributed by atoms with Gasteiger partial charge in [-0.3, -0.25) is 4.79 Å². The fourth-order valence-corrected chi connectivity index (χ4v) is 2.52. The lowest BCUT2D eigenvalue weighted by Gasteiger charge is -2.20. The molecule has 3 heteroatoms. The highest BCUT2D eigenvalue weighted by Crippen LogP contribution is 2.30. The molecular formula is C16H22FNO. The van der Waals surface area contributed by atoms with Crippen molar-refractivity contribution < 1.29 is 9.18 Å². The van der Waals surface area contributed by atoms with E-state index in [1.807, 2.05) is 0 Å². The first kappa shape index (κ1) is 14.0. The maximum absolute atomic E-state index is 13.3. The molecule has 1 aromatic rings. The van der Waals surface area contributed by atoms with Crippen molar-refractivity contribution in [2.45, 2.75) is 46.5 Å². The van der Waals surface area contributed by atoms with Crippen LogP contribution in [0, 0.1) is 11.2 Å². The minimum absolute atomic E-state index is 0.119. The number of carbonyl (C=O) groups is 1. The van der Waals surface area contributed by atoms with Crippen LogP contribution in [0.25, 0.3) is 0 Å². The van der Waals surface area contributed by atoms with Gasteiger partial charge in [0.15, 0.2) is 0 Å². The van der Waals surface area contributed by atoms with Gasteiger partial charge in [-0.25, -0.2) is 4.39 Å². The molecule has 2 rings (SSSR count). The number of fused-ring (bicyclic) bond motifs is 1. The zero-order chi connectivity index (χ0) is 14.0. The maximum atomic E-state index is 13.3. The lowest BCUT2D eigenvalue weighted by molar-refractivity contribution is -0.118. The molecule has 104 valence electrons. The molecule has 0 fully saturated rings. The fraction of sp³-hybridized carbons (Fsp3) is 0.562. The van der Waals surface area contributed by atoms with E-state index in [9.17, 15) is 9.18 Å². The molecule has 1 aliphatic heterocycles. The molecular weight excluding hydrogens is 241 g/mol. The Morgan fingerprint density at radius 2 is 2.11 bits per heavy atom. The molecule has 1 heterocycles. The van der Waals surface area contributed by atoms with Gasteiger partial charge < -0.3 is 4.90 Å². The second kappa shape index (κ2) is 5.32. The van der Waals surface area contributed by atoms with Crippen molar-refractivity contribution in [2.75, 3.05) is 11.4 Å². The van der Waals surface area contributed by atoms with Crippen LogP contribution in [0.5, 0.6) is 0 Å². The van der Waals surface area contributed by atoms with Gasteiger partial charge >= 0.3 is 0 Å². The zero-order valence-corrected chi connectivity index (χ0v) is 12.0. The first-order valence-electron chi connectivity index (χ1n) is 6.96. The van der Waals surface area contributed by atoms with Gasteiger partial charge in [0.1, 0.15) is 5.82 Å². The van der Waals surface area contributed by atoms with Crippen LogP contribution < -0.4 is 4.90 Å². The lowest BCUT2D eigenvalue weighted by atomic mass is 9.90. The highest BCUT2D eigenvalue weighted by molar-refractivity contribution is 5.95. The van der Waals surface area contributed by atoms with Gasteiger partial charge in [-0.05, 0) is 42.4 Å². The lowest BCUT2D eigenvalue weighted by Crippen LogP contribution is -2.28. The predicted octanol–water partition coefficient (Wildman–Crippen LogP) is 3.93. The van der Waals surface area contributed by atoms with Gasteiger partial charge in [0.2, 0.25) is 5.91 Å². The van der Waals surface area contributed by atoms with Crippen LogP contribution in [0.1, 0.15) is 45.6 Å². The molecule has 0 unspecified atom stereocenters. The Bertz CT molecular complexity index is 476. The Hall–Kier alpha value is -1.38. The summed E-state index contributed by atoms with van der Waals surface area (Å²) in [6, 6.07) is 4.73. The number of rotatable bonds is 3. The normalized spacial score (nSPS) is 14.6. The Morgan fingerprint density at radius 3 is 2.79 bits per heavy atom. The van der Waals surface area contributed by atoms with Gasteiger partial charge in [0.05, 0.1) is 0 Å². The molecule has 1 aromatic carbocycles. The van der Waals surface area contributed by atoms with Crippen LogP contribution in [0.4, 0.5) is 10.1 Å². The minimum atomic E-state index is -0.270. The largest absolute Gasteiger partial charge is 0.312 e.